The van der Waals surface area contributed by atoms with E-state index in [1.807, 2.05) is 11.9 Å². The normalized spacial score (nSPS) is 14.3. The summed E-state index contributed by atoms with van der Waals surface area (Å²) in [5.41, 5.74) is 0.332. The molecule has 0 bridgehead atoms. The Labute approximate surface area is 224 Å². The second kappa shape index (κ2) is 12.1. The third kappa shape index (κ3) is 7.86. The van der Waals surface area contributed by atoms with Gasteiger partial charge in [0, 0.05) is 68.7 Å². The van der Waals surface area contributed by atoms with Gasteiger partial charge < -0.3 is 15.5 Å². The van der Waals surface area contributed by atoms with Crippen molar-refractivity contribution < 1.29 is 22.8 Å². The Balaban J connectivity index is 1.46. The number of hydrogen-bond acceptors (Lipinski definition) is 6. The molecule has 2 N–H and O–H groups in total. The van der Waals surface area contributed by atoms with Crippen LogP contribution in [-0.4, -0.2) is 64.8 Å². The van der Waals surface area contributed by atoms with E-state index in [-0.39, 0.29) is 29.4 Å². The van der Waals surface area contributed by atoms with Gasteiger partial charge in [0.15, 0.2) is 0 Å². The number of alkyl halides is 3. The molecule has 0 aliphatic carbocycles. The van der Waals surface area contributed by atoms with Crippen LogP contribution in [0.2, 0.25) is 0 Å². The molecule has 1 aliphatic rings. The molecule has 0 spiro atoms. The highest BCUT2D eigenvalue weighted by Gasteiger charge is 2.34. The molecule has 2 amide bonds. The van der Waals surface area contributed by atoms with Crippen molar-refractivity contribution in [3.05, 3.63) is 82.7 Å². The van der Waals surface area contributed by atoms with Crippen molar-refractivity contribution in [1.29, 1.82) is 0 Å². The minimum atomic E-state index is -4.60. The predicted octanol–water partition coefficient (Wildman–Crippen LogP) is 3.85. The molecule has 1 aromatic carbocycles. The van der Waals surface area contributed by atoms with E-state index in [1.54, 1.807) is 18.2 Å². The highest BCUT2D eigenvalue weighted by molar-refractivity contribution is 6.04. The van der Waals surface area contributed by atoms with Gasteiger partial charge in [0.1, 0.15) is 11.6 Å². The zero-order valence-electron chi connectivity index (χ0n) is 21.5. The second-order valence-corrected chi connectivity index (χ2v) is 9.20. The van der Waals surface area contributed by atoms with Crippen LogP contribution >= 0.6 is 0 Å². The Morgan fingerprint density at radius 1 is 0.923 bits per heavy atom. The molecule has 1 saturated heterocycles. The predicted molar refractivity (Wildman–Crippen MR) is 141 cm³/mol. The number of likely N-dealkylation sites (N-methyl/N-ethyl adjacent to an activating group) is 1. The maximum Gasteiger partial charge on any atom is 0.416 e. The Morgan fingerprint density at radius 3 is 2.33 bits per heavy atom. The lowest BCUT2D eigenvalue weighted by Gasteiger charge is -2.33. The maximum absolute atomic E-state index is 13.9. The first-order valence-electron chi connectivity index (χ1n) is 12.2. The quantitative estimate of drug-likeness (QED) is 0.482. The third-order valence-electron chi connectivity index (χ3n) is 6.09. The Bertz CT molecular complexity index is 1410. The van der Waals surface area contributed by atoms with Crippen LogP contribution < -0.4 is 10.6 Å². The summed E-state index contributed by atoms with van der Waals surface area (Å²) in [6.07, 6.45) is -1.65. The zero-order chi connectivity index (χ0) is 28.0. The summed E-state index contributed by atoms with van der Waals surface area (Å²) in [4.78, 5) is 36.2. The van der Waals surface area contributed by atoms with Crippen LogP contribution in [0.25, 0.3) is 0 Å². The SMILES string of the molecule is CC(=O)Nc1ccc(C#Cc2ccnc(NC(=O)c3ccc(CN4CCN(C)CC4)c(C(F)(F)F)c3)c2)cn1. The third-order valence-corrected chi connectivity index (χ3v) is 6.09. The number of carbonyl (C=O) groups is 2. The zero-order valence-corrected chi connectivity index (χ0v) is 21.5. The highest BCUT2D eigenvalue weighted by atomic mass is 19.4. The molecule has 1 aliphatic heterocycles. The minimum absolute atomic E-state index is 0.118. The van der Waals surface area contributed by atoms with Crippen LogP contribution in [-0.2, 0) is 17.5 Å². The molecule has 202 valence electrons. The lowest BCUT2D eigenvalue weighted by molar-refractivity contribution is -0.138. The molecule has 11 heteroatoms. The number of halogens is 3. The first-order valence-corrected chi connectivity index (χ1v) is 12.2. The summed E-state index contributed by atoms with van der Waals surface area (Å²) in [5, 5.41) is 5.12. The highest BCUT2D eigenvalue weighted by Crippen LogP contribution is 2.33. The molecular formula is C28H27F3N6O2. The van der Waals surface area contributed by atoms with E-state index >= 15 is 0 Å². The number of aromatic nitrogens is 2. The van der Waals surface area contributed by atoms with E-state index in [1.165, 1.54) is 37.5 Å². The first kappa shape index (κ1) is 27.8. The van der Waals surface area contributed by atoms with Gasteiger partial charge in [-0.15, -0.1) is 0 Å². The lowest BCUT2D eigenvalue weighted by Crippen LogP contribution is -2.44. The number of hydrogen-bond donors (Lipinski definition) is 2. The van der Waals surface area contributed by atoms with Gasteiger partial charge in [-0.05, 0) is 49.0 Å². The van der Waals surface area contributed by atoms with Crippen molar-refractivity contribution >= 4 is 23.5 Å². The van der Waals surface area contributed by atoms with Crippen molar-refractivity contribution in [3.8, 4) is 11.8 Å². The van der Waals surface area contributed by atoms with E-state index in [9.17, 15) is 22.8 Å². The number of anilines is 2. The smallest absolute Gasteiger partial charge is 0.311 e. The van der Waals surface area contributed by atoms with E-state index in [0.29, 0.717) is 30.0 Å². The number of piperazine rings is 1. The van der Waals surface area contributed by atoms with Gasteiger partial charge in [0.25, 0.3) is 5.91 Å². The number of rotatable bonds is 5. The molecule has 8 nitrogen and oxygen atoms in total. The molecule has 0 saturated carbocycles. The standard InChI is InChI=1S/C28H27F3N6O2/c1-19(38)34-25-8-5-21(17-33-25)4-3-20-9-10-32-26(15-20)35-27(39)22-6-7-23(24(16-22)28(29,30)31)18-37-13-11-36(2)12-14-37/h5-10,15-17H,11-14,18H2,1-2H3,(H,32,35,39)(H,33,34,38). The van der Waals surface area contributed by atoms with E-state index in [4.69, 9.17) is 0 Å². The van der Waals surface area contributed by atoms with Crippen molar-refractivity contribution in [2.24, 2.45) is 0 Å². The van der Waals surface area contributed by atoms with Crippen LogP contribution in [0.5, 0.6) is 0 Å². The second-order valence-electron chi connectivity index (χ2n) is 9.20. The van der Waals surface area contributed by atoms with Gasteiger partial charge >= 0.3 is 6.18 Å². The fraction of sp³-hybridized carbons (Fsp3) is 0.286. The molecule has 4 rings (SSSR count). The Kier molecular flexibility index (Phi) is 8.59. The summed E-state index contributed by atoms with van der Waals surface area (Å²) >= 11 is 0. The lowest BCUT2D eigenvalue weighted by atomic mass is 10.0. The largest absolute Gasteiger partial charge is 0.416 e. The molecular weight excluding hydrogens is 509 g/mol. The molecule has 0 radical (unpaired) electrons. The van der Waals surface area contributed by atoms with E-state index in [2.05, 4.69) is 37.3 Å². The molecule has 0 unspecified atom stereocenters. The van der Waals surface area contributed by atoms with Crippen molar-refractivity contribution in [1.82, 2.24) is 19.8 Å². The van der Waals surface area contributed by atoms with Crippen LogP contribution in [0.1, 0.15) is 39.5 Å². The van der Waals surface area contributed by atoms with Crippen LogP contribution in [0, 0.1) is 11.8 Å². The number of nitrogens with one attached hydrogen (secondary N) is 2. The van der Waals surface area contributed by atoms with Crippen LogP contribution in [0.3, 0.4) is 0 Å². The van der Waals surface area contributed by atoms with Gasteiger partial charge in [-0.25, -0.2) is 9.97 Å². The number of benzene rings is 1. The van der Waals surface area contributed by atoms with Crippen molar-refractivity contribution in [3.63, 3.8) is 0 Å². The molecule has 3 aromatic rings. The summed E-state index contributed by atoms with van der Waals surface area (Å²) in [6, 6.07) is 10.1. The minimum Gasteiger partial charge on any atom is -0.311 e. The van der Waals surface area contributed by atoms with Crippen molar-refractivity contribution in [2.75, 3.05) is 43.9 Å². The molecule has 0 atom stereocenters. The fourth-order valence-corrected chi connectivity index (χ4v) is 4.00. The van der Waals surface area contributed by atoms with Crippen LogP contribution in [0.15, 0.2) is 54.9 Å². The number of carbonyl (C=O) groups excluding carboxylic acids is 2. The molecule has 3 heterocycles. The number of pyridine rings is 2. The molecule has 2 aromatic heterocycles. The van der Waals surface area contributed by atoms with Crippen molar-refractivity contribution in [2.45, 2.75) is 19.6 Å². The molecule has 1 fully saturated rings. The van der Waals surface area contributed by atoms with Crippen LogP contribution in [0.4, 0.5) is 24.8 Å². The van der Waals surface area contributed by atoms with E-state index < -0.39 is 17.6 Å². The fourth-order valence-electron chi connectivity index (χ4n) is 4.00. The summed E-state index contributed by atoms with van der Waals surface area (Å²) in [5.74, 6) is 5.47. The summed E-state index contributed by atoms with van der Waals surface area (Å²) in [7, 11) is 1.98. The van der Waals surface area contributed by atoms with Gasteiger partial charge in [-0.2, -0.15) is 13.2 Å². The van der Waals surface area contributed by atoms with Gasteiger partial charge in [-0.3, -0.25) is 14.5 Å². The monoisotopic (exact) mass is 536 g/mol. The topological polar surface area (TPSA) is 90.5 Å². The average molecular weight is 537 g/mol. The van der Waals surface area contributed by atoms with Gasteiger partial charge in [0.05, 0.1) is 5.56 Å². The summed E-state index contributed by atoms with van der Waals surface area (Å²) < 4.78 is 41.6. The Morgan fingerprint density at radius 2 is 1.67 bits per heavy atom. The Hall–Kier alpha value is -4.27. The first-order chi connectivity index (χ1) is 18.6. The van der Waals surface area contributed by atoms with E-state index in [0.717, 1.165) is 19.2 Å². The van der Waals surface area contributed by atoms with Gasteiger partial charge in [0.2, 0.25) is 5.91 Å². The maximum atomic E-state index is 13.9. The van der Waals surface area contributed by atoms with Gasteiger partial charge in [-0.1, -0.05) is 17.9 Å². The number of amides is 2. The summed E-state index contributed by atoms with van der Waals surface area (Å²) in [6.45, 7) is 4.49. The molecule has 39 heavy (non-hydrogen) atoms. The number of nitrogens with zero attached hydrogens (tertiary/aromatic N) is 4. The average Bonchev–Trinajstić information content (AvgIpc) is 2.89.